The molecule has 6 heteroatoms. The summed E-state index contributed by atoms with van der Waals surface area (Å²) in [6.07, 6.45) is 0. The zero-order valence-corrected chi connectivity index (χ0v) is 13.5. The minimum Gasteiger partial charge on any atom is -0.493 e. The highest BCUT2D eigenvalue weighted by Crippen LogP contribution is 2.38. The minimum atomic E-state index is -0.493. The molecular weight excluding hydrogens is 321 g/mol. The minimum absolute atomic E-state index is 0.0659. The number of methoxy groups -OCH3 is 2. The van der Waals surface area contributed by atoms with Gasteiger partial charge in [-0.25, -0.2) is 4.39 Å². The molecule has 0 bridgehead atoms. The summed E-state index contributed by atoms with van der Waals surface area (Å²) in [5, 5.41) is 0.0659. The normalized spacial score (nSPS) is 13.2. The second-order valence-corrected chi connectivity index (χ2v) is 5.65. The number of carbonyl (C=O) groups excluding carboxylic acids is 1. The molecule has 3 rings (SSSR count). The fourth-order valence-corrected chi connectivity index (χ4v) is 2.87. The first-order valence-electron chi connectivity index (χ1n) is 7.02. The van der Waals surface area contributed by atoms with E-state index in [4.69, 9.17) is 21.1 Å². The topological polar surface area (TPSA) is 38.8 Å². The second kappa shape index (κ2) is 6.08. The maximum absolute atomic E-state index is 13.6. The van der Waals surface area contributed by atoms with E-state index in [9.17, 15) is 9.18 Å². The van der Waals surface area contributed by atoms with Crippen LogP contribution in [0.5, 0.6) is 11.5 Å². The third-order valence-corrected chi connectivity index (χ3v) is 4.16. The van der Waals surface area contributed by atoms with Crippen molar-refractivity contribution in [2.45, 2.75) is 13.1 Å². The van der Waals surface area contributed by atoms with Gasteiger partial charge in [-0.2, -0.15) is 0 Å². The van der Waals surface area contributed by atoms with E-state index in [0.717, 1.165) is 5.56 Å². The highest BCUT2D eigenvalue weighted by molar-refractivity contribution is 6.30. The lowest BCUT2D eigenvalue weighted by Crippen LogP contribution is -2.23. The number of fused-ring (bicyclic) bond motifs is 1. The zero-order valence-electron chi connectivity index (χ0n) is 12.7. The SMILES string of the molecule is COc1ccc2c(c1OC)C(=O)N(Cc1ccc(Cl)c(F)c1)C2. The predicted octanol–water partition coefficient (Wildman–Crippen LogP) is 3.65. The lowest BCUT2D eigenvalue weighted by Gasteiger charge is -2.16. The van der Waals surface area contributed by atoms with E-state index >= 15 is 0 Å². The number of carbonyl (C=O) groups is 1. The van der Waals surface area contributed by atoms with Gasteiger partial charge in [-0.05, 0) is 29.3 Å². The lowest BCUT2D eigenvalue weighted by atomic mass is 10.1. The summed E-state index contributed by atoms with van der Waals surface area (Å²) in [5.74, 6) is 0.289. The van der Waals surface area contributed by atoms with Gasteiger partial charge in [0.15, 0.2) is 11.5 Å². The molecule has 2 aromatic rings. The van der Waals surface area contributed by atoms with Crippen molar-refractivity contribution in [1.82, 2.24) is 4.90 Å². The Hall–Kier alpha value is -2.27. The highest BCUT2D eigenvalue weighted by Gasteiger charge is 2.32. The van der Waals surface area contributed by atoms with Crippen molar-refractivity contribution in [3.8, 4) is 11.5 Å². The molecule has 120 valence electrons. The van der Waals surface area contributed by atoms with Gasteiger partial charge in [-0.1, -0.05) is 23.7 Å². The van der Waals surface area contributed by atoms with Gasteiger partial charge in [0.1, 0.15) is 5.82 Å². The molecule has 0 saturated heterocycles. The molecule has 0 aliphatic carbocycles. The van der Waals surface area contributed by atoms with E-state index in [1.807, 2.05) is 6.07 Å². The third-order valence-electron chi connectivity index (χ3n) is 3.85. The van der Waals surface area contributed by atoms with E-state index in [1.165, 1.54) is 26.4 Å². The molecule has 0 spiro atoms. The quantitative estimate of drug-likeness (QED) is 0.856. The molecule has 1 aliphatic heterocycles. The van der Waals surface area contributed by atoms with Gasteiger partial charge in [0.2, 0.25) is 0 Å². The molecule has 0 unspecified atom stereocenters. The average molecular weight is 336 g/mol. The number of ether oxygens (including phenoxy) is 2. The molecule has 0 fully saturated rings. The number of halogens is 2. The van der Waals surface area contributed by atoms with Crippen molar-refractivity contribution in [2.75, 3.05) is 14.2 Å². The maximum Gasteiger partial charge on any atom is 0.258 e. The van der Waals surface area contributed by atoms with Crippen molar-refractivity contribution in [2.24, 2.45) is 0 Å². The Labute approximate surface area is 138 Å². The van der Waals surface area contributed by atoms with Crippen molar-refractivity contribution in [1.29, 1.82) is 0 Å². The largest absolute Gasteiger partial charge is 0.493 e. The molecule has 0 radical (unpaired) electrons. The summed E-state index contributed by atoms with van der Waals surface area (Å²) in [5.41, 5.74) is 2.04. The molecule has 2 aromatic carbocycles. The first-order valence-corrected chi connectivity index (χ1v) is 7.40. The van der Waals surface area contributed by atoms with Gasteiger partial charge in [0, 0.05) is 13.1 Å². The summed E-state index contributed by atoms with van der Waals surface area (Å²) in [4.78, 5) is 14.3. The molecule has 23 heavy (non-hydrogen) atoms. The van der Waals surface area contributed by atoms with Gasteiger partial charge >= 0.3 is 0 Å². The Bertz CT molecular complexity index is 779. The number of amides is 1. The van der Waals surface area contributed by atoms with Crippen LogP contribution in [0, 0.1) is 5.82 Å². The maximum atomic E-state index is 13.6. The summed E-state index contributed by atoms with van der Waals surface area (Å²) in [6, 6.07) is 8.16. The van der Waals surface area contributed by atoms with Crippen LogP contribution in [0.4, 0.5) is 4.39 Å². The van der Waals surface area contributed by atoms with Crippen LogP contribution in [0.3, 0.4) is 0 Å². The van der Waals surface area contributed by atoms with Crippen LogP contribution in [-0.2, 0) is 13.1 Å². The summed E-state index contributed by atoms with van der Waals surface area (Å²) in [7, 11) is 3.03. The second-order valence-electron chi connectivity index (χ2n) is 5.24. The van der Waals surface area contributed by atoms with Crippen LogP contribution < -0.4 is 9.47 Å². The number of hydrogen-bond donors (Lipinski definition) is 0. The lowest BCUT2D eigenvalue weighted by molar-refractivity contribution is 0.0763. The first kappa shape index (κ1) is 15.6. The third kappa shape index (κ3) is 2.72. The zero-order chi connectivity index (χ0) is 16.6. The number of nitrogens with zero attached hydrogens (tertiary/aromatic N) is 1. The van der Waals surface area contributed by atoms with Gasteiger partial charge < -0.3 is 14.4 Å². The molecular formula is C17H15ClFNO3. The van der Waals surface area contributed by atoms with E-state index < -0.39 is 5.82 Å². The molecule has 4 nitrogen and oxygen atoms in total. The van der Waals surface area contributed by atoms with E-state index in [1.54, 1.807) is 17.0 Å². The Balaban J connectivity index is 1.90. The Morgan fingerprint density at radius 2 is 2.00 bits per heavy atom. The van der Waals surface area contributed by atoms with Crippen molar-refractivity contribution in [3.63, 3.8) is 0 Å². The van der Waals surface area contributed by atoms with Crippen LogP contribution in [0.2, 0.25) is 5.02 Å². The molecule has 0 saturated carbocycles. The molecule has 0 atom stereocenters. The standard InChI is InChI=1S/C17H15ClFNO3/c1-22-14-6-4-11-9-20(17(21)15(11)16(14)23-2)8-10-3-5-12(18)13(19)7-10/h3-7H,8-9H2,1-2H3. The number of hydrogen-bond acceptors (Lipinski definition) is 3. The molecule has 1 heterocycles. The summed E-state index contributed by atoms with van der Waals surface area (Å²) >= 11 is 5.69. The van der Waals surface area contributed by atoms with Gasteiger partial charge in [-0.15, -0.1) is 0 Å². The molecule has 1 aliphatic rings. The number of benzene rings is 2. The summed E-state index contributed by atoms with van der Waals surface area (Å²) < 4.78 is 24.1. The van der Waals surface area contributed by atoms with Crippen molar-refractivity contribution < 1.29 is 18.7 Å². The first-order chi connectivity index (χ1) is 11.0. The van der Waals surface area contributed by atoms with Crippen molar-refractivity contribution >= 4 is 17.5 Å². The average Bonchev–Trinajstić information content (AvgIpc) is 2.86. The van der Waals surface area contributed by atoms with Crippen LogP contribution in [0.1, 0.15) is 21.5 Å². The molecule has 0 N–H and O–H groups in total. The van der Waals surface area contributed by atoms with E-state index in [2.05, 4.69) is 0 Å². The van der Waals surface area contributed by atoms with Crippen LogP contribution in [0.15, 0.2) is 30.3 Å². The monoisotopic (exact) mass is 335 g/mol. The van der Waals surface area contributed by atoms with Gasteiger partial charge in [0.05, 0.1) is 24.8 Å². The highest BCUT2D eigenvalue weighted by atomic mass is 35.5. The Morgan fingerprint density at radius 1 is 1.22 bits per heavy atom. The van der Waals surface area contributed by atoms with E-state index in [0.29, 0.717) is 35.7 Å². The fraction of sp³-hybridized carbons (Fsp3) is 0.235. The van der Waals surface area contributed by atoms with Crippen LogP contribution in [0.25, 0.3) is 0 Å². The van der Waals surface area contributed by atoms with Crippen LogP contribution >= 0.6 is 11.6 Å². The smallest absolute Gasteiger partial charge is 0.258 e. The van der Waals surface area contributed by atoms with Crippen LogP contribution in [-0.4, -0.2) is 25.0 Å². The van der Waals surface area contributed by atoms with Crippen molar-refractivity contribution in [3.05, 3.63) is 57.9 Å². The number of rotatable bonds is 4. The fourth-order valence-electron chi connectivity index (χ4n) is 2.76. The van der Waals surface area contributed by atoms with E-state index in [-0.39, 0.29) is 10.9 Å². The van der Waals surface area contributed by atoms with Gasteiger partial charge in [-0.3, -0.25) is 4.79 Å². The summed E-state index contributed by atoms with van der Waals surface area (Å²) in [6.45, 7) is 0.742. The Kier molecular flexibility index (Phi) is 4.13. The predicted molar refractivity (Wildman–Crippen MR) is 84.5 cm³/mol. The molecule has 0 aromatic heterocycles. The molecule has 1 amide bonds. The van der Waals surface area contributed by atoms with Gasteiger partial charge in [0.25, 0.3) is 5.91 Å². The Morgan fingerprint density at radius 3 is 2.65 bits per heavy atom.